The number of aliphatic carboxylic acids is 1. The number of hydrogen-bond donors (Lipinski definition) is 2. The molecule has 1 aliphatic rings. The molecule has 25 heavy (non-hydrogen) atoms. The Hall–Kier alpha value is -3.02. The number of carbonyl (C=O) groups is 2. The van der Waals surface area contributed by atoms with Crippen molar-refractivity contribution in [2.24, 2.45) is 11.8 Å². The van der Waals surface area contributed by atoms with Gasteiger partial charge in [-0.2, -0.15) is 0 Å². The van der Waals surface area contributed by atoms with E-state index in [1.165, 1.54) is 6.08 Å². The van der Waals surface area contributed by atoms with E-state index in [1.807, 2.05) is 30.3 Å². The number of amides is 1. The number of methoxy groups -OCH3 is 2. The average molecular weight is 341 g/mol. The monoisotopic (exact) mass is 341 g/mol. The molecule has 0 unspecified atom stereocenters. The fourth-order valence-corrected chi connectivity index (χ4v) is 2.86. The van der Waals surface area contributed by atoms with Crippen molar-refractivity contribution in [2.45, 2.75) is 6.54 Å². The molecule has 0 bridgehead atoms. The predicted molar refractivity (Wildman–Crippen MR) is 92.7 cm³/mol. The van der Waals surface area contributed by atoms with Gasteiger partial charge in [-0.1, -0.05) is 24.3 Å². The van der Waals surface area contributed by atoms with E-state index in [9.17, 15) is 9.59 Å². The van der Waals surface area contributed by atoms with Gasteiger partial charge in [0.25, 0.3) is 0 Å². The van der Waals surface area contributed by atoms with Crippen molar-refractivity contribution < 1.29 is 24.2 Å². The van der Waals surface area contributed by atoms with E-state index < -0.39 is 17.8 Å². The maximum atomic E-state index is 12.1. The van der Waals surface area contributed by atoms with Crippen LogP contribution in [0.3, 0.4) is 0 Å². The summed E-state index contributed by atoms with van der Waals surface area (Å²) in [4.78, 5) is 23.1. The van der Waals surface area contributed by atoms with Gasteiger partial charge in [0.05, 0.1) is 26.1 Å². The van der Waals surface area contributed by atoms with Crippen molar-refractivity contribution in [2.75, 3.05) is 14.2 Å². The third-order valence-electron chi connectivity index (χ3n) is 4.37. The van der Waals surface area contributed by atoms with Gasteiger partial charge >= 0.3 is 5.97 Å². The Morgan fingerprint density at radius 3 is 2.20 bits per heavy atom. The molecule has 0 saturated carbocycles. The SMILES string of the molecule is COc1cc2ccc(CNC(=O)[C@@H]3C=C[C@@H]3C(=O)O)cc2cc1OC. The lowest BCUT2D eigenvalue weighted by molar-refractivity contribution is -0.145. The lowest BCUT2D eigenvalue weighted by Crippen LogP contribution is -2.39. The highest BCUT2D eigenvalue weighted by Crippen LogP contribution is 2.32. The minimum absolute atomic E-state index is 0.276. The Morgan fingerprint density at radius 1 is 1.00 bits per heavy atom. The van der Waals surface area contributed by atoms with Crippen LogP contribution in [0.4, 0.5) is 0 Å². The Bertz CT molecular complexity index is 858. The van der Waals surface area contributed by atoms with Crippen molar-refractivity contribution in [3.8, 4) is 11.5 Å². The molecule has 6 heteroatoms. The molecule has 2 N–H and O–H groups in total. The molecule has 0 fully saturated rings. The number of ether oxygens (including phenoxy) is 2. The second-order valence-electron chi connectivity index (χ2n) is 5.88. The number of carbonyl (C=O) groups excluding carboxylic acids is 1. The first-order valence-corrected chi connectivity index (χ1v) is 7.87. The molecule has 6 nitrogen and oxygen atoms in total. The first-order valence-electron chi connectivity index (χ1n) is 7.87. The summed E-state index contributed by atoms with van der Waals surface area (Å²) in [6.07, 6.45) is 3.15. The lowest BCUT2D eigenvalue weighted by atomic mass is 9.81. The fourth-order valence-electron chi connectivity index (χ4n) is 2.86. The molecular weight excluding hydrogens is 322 g/mol. The normalized spacial score (nSPS) is 18.5. The highest BCUT2D eigenvalue weighted by molar-refractivity contribution is 5.90. The number of fused-ring (bicyclic) bond motifs is 1. The van der Waals surface area contributed by atoms with Crippen LogP contribution in [0.2, 0.25) is 0 Å². The van der Waals surface area contributed by atoms with Crippen LogP contribution in [0.1, 0.15) is 5.56 Å². The van der Waals surface area contributed by atoms with Crippen LogP contribution in [0.15, 0.2) is 42.5 Å². The highest BCUT2D eigenvalue weighted by Gasteiger charge is 2.35. The molecule has 0 saturated heterocycles. The first kappa shape index (κ1) is 16.8. The number of rotatable bonds is 6. The quantitative estimate of drug-likeness (QED) is 0.788. The number of carboxylic acid groups (broad SMARTS) is 1. The summed E-state index contributed by atoms with van der Waals surface area (Å²) in [7, 11) is 3.17. The van der Waals surface area contributed by atoms with E-state index in [1.54, 1.807) is 20.3 Å². The molecule has 2 aromatic rings. The molecule has 3 rings (SSSR count). The minimum atomic E-state index is -0.977. The van der Waals surface area contributed by atoms with Crippen LogP contribution in [0.25, 0.3) is 10.8 Å². The summed E-state index contributed by atoms with van der Waals surface area (Å²) in [6.45, 7) is 0.333. The van der Waals surface area contributed by atoms with E-state index in [0.717, 1.165) is 16.3 Å². The second kappa shape index (κ2) is 6.84. The maximum Gasteiger partial charge on any atom is 0.311 e. The van der Waals surface area contributed by atoms with Crippen molar-refractivity contribution in [3.05, 3.63) is 48.0 Å². The van der Waals surface area contributed by atoms with Crippen LogP contribution < -0.4 is 14.8 Å². The smallest absolute Gasteiger partial charge is 0.311 e. The van der Waals surface area contributed by atoms with Crippen molar-refractivity contribution in [1.82, 2.24) is 5.32 Å². The van der Waals surface area contributed by atoms with Gasteiger partial charge in [-0.25, -0.2) is 0 Å². The third-order valence-corrected chi connectivity index (χ3v) is 4.37. The molecule has 0 aliphatic heterocycles. The zero-order chi connectivity index (χ0) is 18.0. The molecule has 0 radical (unpaired) electrons. The molecule has 2 atom stereocenters. The largest absolute Gasteiger partial charge is 0.493 e. The van der Waals surface area contributed by atoms with Crippen LogP contribution in [-0.4, -0.2) is 31.2 Å². The summed E-state index contributed by atoms with van der Waals surface area (Å²) in [5.74, 6) is -1.28. The molecule has 1 amide bonds. The van der Waals surface area contributed by atoms with Crippen molar-refractivity contribution in [3.63, 3.8) is 0 Å². The van der Waals surface area contributed by atoms with Crippen LogP contribution in [-0.2, 0) is 16.1 Å². The second-order valence-corrected chi connectivity index (χ2v) is 5.88. The lowest BCUT2D eigenvalue weighted by Gasteiger charge is -2.24. The summed E-state index contributed by atoms with van der Waals surface area (Å²) in [5.41, 5.74) is 0.920. The van der Waals surface area contributed by atoms with Gasteiger partial charge in [0, 0.05) is 6.54 Å². The minimum Gasteiger partial charge on any atom is -0.493 e. The molecule has 0 heterocycles. The van der Waals surface area contributed by atoms with Crippen LogP contribution in [0.5, 0.6) is 11.5 Å². The summed E-state index contributed by atoms with van der Waals surface area (Å²) in [6, 6.07) is 9.60. The summed E-state index contributed by atoms with van der Waals surface area (Å²) >= 11 is 0. The van der Waals surface area contributed by atoms with Gasteiger partial charge in [-0.15, -0.1) is 0 Å². The van der Waals surface area contributed by atoms with E-state index in [4.69, 9.17) is 14.6 Å². The Balaban J connectivity index is 1.73. The Kier molecular flexibility index (Phi) is 4.61. The van der Waals surface area contributed by atoms with Crippen LogP contribution in [0, 0.1) is 11.8 Å². The molecule has 2 aromatic carbocycles. The number of benzene rings is 2. The predicted octanol–water partition coefficient (Wildman–Crippen LogP) is 2.36. The van der Waals surface area contributed by atoms with Crippen LogP contribution >= 0.6 is 0 Å². The number of nitrogens with one attached hydrogen (secondary N) is 1. The van der Waals surface area contributed by atoms with Gasteiger partial charge in [-0.3, -0.25) is 9.59 Å². The van der Waals surface area contributed by atoms with E-state index in [2.05, 4.69) is 5.32 Å². The van der Waals surface area contributed by atoms with Gasteiger partial charge < -0.3 is 19.9 Å². The Morgan fingerprint density at radius 2 is 1.64 bits per heavy atom. The highest BCUT2D eigenvalue weighted by atomic mass is 16.5. The van der Waals surface area contributed by atoms with Gasteiger partial charge in [-0.05, 0) is 34.5 Å². The summed E-state index contributed by atoms with van der Waals surface area (Å²) < 4.78 is 10.6. The van der Waals surface area contributed by atoms with Gasteiger partial charge in [0.2, 0.25) is 5.91 Å². The van der Waals surface area contributed by atoms with Crippen molar-refractivity contribution in [1.29, 1.82) is 0 Å². The van der Waals surface area contributed by atoms with E-state index in [-0.39, 0.29) is 5.91 Å². The average Bonchev–Trinajstić information content (AvgIpc) is 2.56. The fraction of sp³-hybridized carbons (Fsp3) is 0.263. The zero-order valence-corrected chi connectivity index (χ0v) is 14.0. The number of hydrogen-bond acceptors (Lipinski definition) is 4. The Labute approximate surface area is 145 Å². The molecule has 1 aliphatic carbocycles. The van der Waals surface area contributed by atoms with E-state index >= 15 is 0 Å². The van der Waals surface area contributed by atoms with E-state index in [0.29, 0.717) is 18.0 Å². The molecular formula is C19H19NO5. The van der Waals surface area contributed by atoms with Gasteiger partial charge in [0.15, 0.2) is 11.5 Å². The third kappa shape index (κ3) is 3.28. The van der Waals surface area contributed by atoms with Gasteiger partial charge in [0.1, 0.15) is 0 Å². The first-order chi connectivity index (χ1) is 12.0. The maximum absolute atomic E-state index is 12.1. The summed E-state index contributed by atoms with van der Waals surface area (Å²) in [5, 5.41) is 13.8. The topological polar surface area (TPSA) is 84.9 Å². The number of carboxylic acids is 1. The standard InChI is InChI=1S/C19H19NO5/c1-24-16-8-12-4-3-11(7-13(12)9-17(16)25-2)10-20-18(21)14-5-6-15(14)19(22)23/h3-9,14-15H,10H2,1-2H3,(H,20,21)(H,22,23)/t14-,15+/m1/s1. The molecule has 0 aromatic heterocycles. The molecule has 130 valence electrons. The zero-order valence-electron chi connectivity index (χ0n) is 14.0. The van der Waals surface area contributed by atoms with Crippen molar-refractivity contribution >= 4 is 22.6 Å². The molecule has 0 spiro atoms.